The number of fused-ring (bicyclic) bond motifs is 1. The minimum Gasteiger partial charge on any atom is -0.423 e. The fraction of sp³-hybridized carbons (Fsp3) is 0. The van der Waals surface area contributed by atoms with Crippen molar-refractivity contribution in [1.29, 1.82) is 0 Å². The summed E-state index contributed by atoms with van der Waals surface area (Å²) in [5.74, 6) is -11.8. The molecule has 0 N–H and O–H groups in total. The van der Waals surface area contributed by atoms with Crippen molar-refractivity contribution in [1.82, 2.24) is 0 Å². The highest BCUT2D eigenvalue weighted by molar-refractivity contribution is 5.93. The summed E-state index contributed by atoms with van der Waals surface area (Å²) in [6.07, 6.45) is 0. The maximum absolute atomic E-state index is 13.3. The fourth-order valence-corrected chi connectivity index (χ4v) is 3.01. The average molecular weight is 476 g/mol. The van der Waals surface area contributed by atoms with Crippen LogP contribution >= 0.6 is 0 Å². The van der Waals surface area contributed by atoms with E-state index >= 15 is 0 Å². The van der Waals surface area contributed by atoms with Gasteiger partial charge >= 0.3 is 11.9 Å². The SMILES string of the molecule is O=C(Oc1ccc2cc(OC(=O)c3cc(F)c(F)c(F)c3)ccc2c1)c1cc(F)c(F)c(F)c1. The minimum atomic E-state index is -1.71. The van der Waals surface area contributed by atoms with E-state index in [2.05, 4.69) is 0 Å². The summed E-state index contributed by atoms with van der Waals surface area (Å²) >= 11 is 0. The number of halogens is 6. The van der Waals surface area contributed by atoms with E-state index < -0.39 is 58.0 Å². The molecule has 4 rings (SSSR count). The highest BCUT2D eigenvalue weighted by Gasteiger charge is 2.18. The van der Waals surface area contributed by atoms with Crippen molar-refractivity contribution < 1.29 is 45.4 Å². The number of benzene rings is 4. The van der Waals surface area contributed by atoms with Crippen molar-refractivity contribution >= 4 is 22.7 Å². The van der Waals surface area contributed by atoms with E-state index in [1.54, 1.807) is 0 Å². The fourth-order valence-electron chi connectivity index (χ4n) is 3.01. The number of hydrogen-bond donors (Lipinski definition) is 0. The molecule has 34 heavy (non-hydrogen) atoms. The van der Waals surface area contributed by atoms with E-state index in [0.717, 1.165) is 0 Å². The third kappa shape index (κ3) is 4.56. The molecule has 0 fully saturated rings. The lowest BCUT2D eigenvalue weighted by Gasteiger charge is -2.09. The Balaban J connectivity index is 1.52. The van der Waals surface area contributed by atoms with Crippen LogP contribution < -0.4 is 9.47 Å². The molecule has 0 aliphatic carbocycles. The van der Waals surface area contributed by atoms with Gasteiger partial charge in [-0.15, -0.1) is 0 Å². The van der Waals surface area contributed by atoms with Crippen molar-refractivity contribution in [3.63, 3.8) is 0 Å². The van der Waals surface area contributed by atoms with E-state index in [0.29, 0.717) is 35.0 Å². The summed E-state index contributed by atoms with van der Waals surface area (Å²) in [7, 11) is 0. The van der Waals surface area contributed by atoms with Gasteiger partial charge in [0.1, 0.15) is 11.5 Å². The van der Waals surface area contributed by atoms with Gasteiger partial charge in [-0.1, -0.05) is 12.1 Å². The van der Waals surface area contributed by atoms with Crippen molar-refractivity contribution in [2.24, 2.45) is 0 Å². The summed E-state index contributed by atoms with van der Waals surface area (Å²) in [4.78, 5) is 24.3. The second-order valence-corrected chi connectivity index (χ2v) is 6.96. The number of esters is 2. The van der Waals surface area contributed by atoms with Crippen LogP contribution in [0.4, 0.5) is 26.3 Å². The maximum Gasteiger partial charge on any atom is 0.343 e. The van der Waals surface area contributed by atoms with Gasteiger partial charge in [-0.25, -0.2) is 35.9 Å². The van der Waals surface area contributed by atoms with Gasteiger partial charge in [0, 0.05) is 0 Å². The third-order valence-electron chi connectivity index (χ3n) is 4.64. The normalized spacial score (nSPS) is 10.9. The number of carbonyl (C=O) groups excluding carboxylic acids is 2. The van der Waals surface area contributed by atoms with Crippen LogP contribution in [0.3, 0.4) is 0 Å². The number of hydrogen-bond acceptors (Lipinski definition) is 4. The molecule has 0 spiro atoms. The maximum atomic E-state index is 13.3. The average Bonchev–Trinajstić information content (AvgIpc) is 2.80. The van der Waals surface area contributed by atoms with Gasteiger partial charge in [0.15, 0.2) is 34.9 Å². The van der Waals surface area contributed by atoms with Crippen LogP contribution in [-0.4, -0.2) is 11.9 Å². The molecule has 0 saturated heterocycles. The summed E-state index contributed by atoms with van der Waals surface area (Å²) in [6, 6.07) is 10.4. The molecule has 4 nitrogen and oxygen atoms in total. The molecular weight excluding hydrogens is 466 g/mol. The van der Waals surface area contributed by atoms with Crippen LogP contribution in [0.25, 0.3) is 10.8 Å². The predicted molar refractivity (Wildman–Crippen MR) is 106 cm³/mol. The Bertz CT molecular complexity index is 1310. The van der Waals surface area contributed by atoms with E-state index in [1.165, 1.54) is 36.4 Å². The molecule has 0 aliphatic heterocycles. The molecular formula is C24H10F6O4. The first-order valence-electron chi connectivity index (χ1n) is 9.39. The second-order valence-electron chi connectivity index (χ2n) is 6.96. The van der Waals surface area contributed by atoms with Crippen molar-refractivity contribution in [2.45, 2.75) is 0 Å². The molecule has 172 valence electrons. The van der Waals surface area contributed by atoms with Crippen molar-refractivity contribution in [3.8, 4) is 11.5 Å². The lowest BCUT2D eigenvalue weighted by molar-refractivity contribution is 0.0723. The van der Waals surface area contributed by atoms with Gasteiger partial charge in [-0.3, -0.25) is 0 Å². The number of carbonyl (C=O) groups is 2. The van der Waals surface area contributed by atoms with Gasteiger partial charge < -0.3 is 9.47 Å². The zero-order chi connectivity index (χ0) is 24.6. The third-order valence-corrected chi connectivity index (χ3v) is 4.64. The lowest BCUT2D eigenvalue weighted by Crippen LogP contribution is -2.10. The Morgan fingerprint density at radius 2 is 0.824 bits per heavy atom. The van der Waals surface area contributed by atoms with Crippen LogP contribution in [0.15, 0.2) is 60.7 Å². The zero-order valence-electron chi connectivity index (χ0n) is 16.7. The van der Waals surface area contributed by atoms with E-state index in [-0.39, 0.29) is 11.5 Å². The Morgan fingerprint density at radius 3 is 1.15 bits per heavy atom. The standard InChI is InChI=1S/C24H10F6O4/c25-17-7-13(8-18(26)21(17)29)23(31)33-15-3-1-11-5-16(4-2-12(11)6-15)34-24(32)14-9-19(27)22(30)20(28)10-14/h1-10H. The van der Waals surface area contributed by atoms with Gasteiger partial charge in [0.25, 0.3) is 0 Å². The van der Waals surface area contributed by atoms with E-state index in [9.17, 15) is 35.9 Å². The Kier molecular flexibility index (Phi) is 5.97. The summed E-state index contributed by atoms with van der Waals surface area (Å²) < 4.78 is 89.5. The van der Waals surface area contributed by atoms with Crippen molar-refractivity contribution in [2.75, 3.05) is 0 Å². The van der Waals surface area contributed by atoms with Crippen molar-refractivity contribution in [3.05, 3.63) is 107 Å². The molecule has 0 unspecified atom stereocenters. The van der Waals surface area contributed by atoms with Gasteiger partial charge in [0.2, 0.25) is 0 Å². The summed E-state index contributed by atoms with van der Waals surface area (Å²) in [5, 5.41) is 1.00. The minimum absolute atomic E-state index is 0.00430. The molecule has 0 heterocycles. The van der Waals surface area contributed by atoms with Crippen LogP contribution in [0.5, 0.6) is 11.5 Å². The zero-order valence-corrected chi connectivity index (χ0v) is 16.7. The largest absolute Gasteiger partial charge is 0.423 e. The van der Waals surface area contributed by atoms with Gasteiger partial charge in [-0.2, -0.15) is 0 Å². The molecule has 4 aromatic rings. The first kappa shape index (κ1) is 22.8. The Labute approximate surface area is 187 Å². The van der Waals surface area contributed by atoms with E-state index in [1.807, 2.05) is 0 Å². The molecule has 10 heteroatoms. The predicted octanol–water partition coefficient (Wildman–Crippen LogP) is 6.11. The molecule has 0 aliphatic rings. The molecule has 0 aromatic heterocycles. The molecule has 0 saturated carbocycles. The Hall–Kier alpha value is -4.34. The highest BCUT2D eigenvalue weighted by atomic mass is 19.2. The Morgan fingerprint density at radius 1 is 0.500 bits per heavy atom. The number of ether oxygens (including phenoxy) is 2. The topological polar surface area (TPSA) is 52.6 Å². The van der Waals surface area contributed by atoms with E-state index in [4.69, 9.17) is 9.47 Å². The van der Waals surface area contributed by atoms with Crippen LogP contribution in [0.1, 0.15) is 20.7 Å². The highest BCUT2D eigenvalue weighted by Crippen LogP contribution is 2.27. The molecule has 4 aromatic carbocycles. The molecule has 0 radical (unpaired) electrons. The summed E-state index contributed by atoms with van der Waals surface area (Å²) in [6.45, 7) is 0. The smallest absolute Gasteiger partial charge is 0.343 e. The molecule has 0 atom stereocenters. The van der Waals surface area contributed by atoms with Crippen LogP contribution in [0, 0.1) is 34.9 Å². The monoisotopic (exact) mass is 476 g/mol. The summed E-state index contributed by atoms with van der Waals surface area (Å²) in [5.41, 5.74) is -1.07. The van der Waals surface area contributed by atoms with Crippen LogP contribution in [0.2, 0.25) is 0 Å². The first-order valence-corrected chi connectivity index (χ1v) is 9.39. The number of rotatable bonds is 4. The molecule has 0 bridgehead atoms. The lowest BCUT2D eigenvalue weighted by atomic mass is 10.1. The van der Waals surface area contributed by atoms with Crippen LogP contribution in [-0.2, 0) is 0 Å². The first-order chi connectivity index (χ1) is 16.1. The van der Waals surface area contributed by atoms with Gasteiger partial charge in [-0.05, 0) is 59.3 Å². The quantitative estimate of drug-likeness (QED) is 0.154. The second kappa shape index (κ2) is 8.89. The van der Waals surface area contributed by atoms with Gasteiger partial charge in [0.05, 0.1) is 11.1 Å². The molecule has 0 amide bonds.